The highest BCUT2D eigenvalue weighted by Crippen LogP contribution is 2.31. The molecule has 18 heavy (non-hydrogen) atoms. The molecule has 0 radical (unpaired) electrons. The highest BCUT2D eigenvalue weighted by Gasteiger charge is 2.13. The van der Waals surface area contributed by atoms with Crippen LogP contribution >= 0.6 is 27.5 Å². The lowest BCUT2D eigenvalue weighted by Crippen LogP contribution is -1.93. The van der Waals surface area contributed by atoms with Gasteiger partial charge in [-0.3, -0.25) is 0 Å². The predicted octanol–water partition coefficient (Wildman–Crippen LogP) is 4.61. The van der Waals surface area contributed by atoms with Crippen LogP contribution in [0.3, 0.4) is 0 Å². The molecule has 0 amide bonds. The van der Waals surface area contributed by atoms with Gasteiger partial charge in [0.05, 0.1) is 15.7 Å². The molecular weight excluding hydrogens is 316 g/mol. The fraction of sp³-hybridized carbons (Fsp3) is 0.0769. The number of rotatable bonds is 1. The number of furan rings is 1. The Morgan fingerprint density at radius 2 is 2.00 bits per heavy atom. The first-order valence-corrected chi connectivity index (χ1v) is 6.50. The highest BCUT2D eigenvalue weighted by molar-refractivity contribution is 9.10. The molecule has 0 N–H and O–H groups in total. The van der Waals surface area contributed by atoms with Crippen LogP contribution in [0.4, 0.5) is 0 Å². The van der Waals surface area contributed by atoms with Crippen molar-refractivity contribution in [2.75, 3.05) is 0 Å². The van der Waals surface area contributed by atoms with E-state index in [4.69, 9.17) is 16.0 Å². The van der Waals surface area contributed by atoms with Crippen molar-refractivity contribution in [1.82, 2.24) is 9.97 Å². The second-order valence-electron chi connectivity index (χ2n) is 3.88. The van der Waals surface area contributed by atoms with E-state index in [2.05, 4.69) is 25.9 Å². The summed E-state index contributed by atoms with van der Waals surface area (Å²) in [6.45, 7) is 1.88. The van der Waals surface area contributed by atoms with Gasteiger partial charge in [-0.25, -0.2) is 9.97 Å². The van der Waals surface area contributed by atoms with Crippen LogP contribution in [0.5, 0.6) is 0 Å². The SMILES string of the molecule is Cc1nc(-c2coc3ccccc23)nc(Cl)c1Br. The van der Waals surface area contributed by atoms with Gasteiger partial charge >= 0.3 is 0 Å². The molecule has 3 aromatic rings. The number of halogens is 2. The normalized spacial score (nSPS) is 11.1. The average Bonchev–Trinajstić information content (AvgIpc) is 2.79. The first kappa shape index (κ1) is 11.7. The maximum atomic E-state index is 6.06. The molecule has 0 atom stereocenters. The number of hydrogen-bond donors (Lipinski definition) is 0. The Balaban J connectivity index is 2.26. The molecule has 5 heteroatoms. The molecule has 0 aliphatic heterocycles. The molecule has 90 valence electrons. The van der Waals surface area contributed by atoms with Gasteiger partial charge in [-0.05, 0) is 28.9 Å². The maximum absolute atomic E-state index is 6.06. The van der Waals surface area contributed by atoms with Crippen molar-refractivity contribution >= 4 is 38.5 Å². The van der Waals surface area contributed by atoms with Gasteiger partial charge in [0.25, 0.3) is 0 Å². The summed E-state index contributed by atoms with van der Waals surface area (Å²) in [5, 5.41) is 1.39. The summed E-state index contributed by atoms with van der Waals surface area (Å²) in [5.41, 5.74) is 2.46. The molecule has 3 nitrogen and oxygen atoms in total. The van der Waals surface area contributed by atoms with Crippen LogP contribution in [0, 0.1) is 6.92 Å². The molecule has 3 rings (SSSR count). The monoisotopic (exact) mass is 322 g/mol. The highest BCUT2D eigenvalue weighted by atomic mass is 79.9. The summed E-state index contributed by atoms with van der Waals surface area (Å²) < 4.78 is 6.20. The summed E-state index contributed by atoms with van der Waals surface area (Å²) >= 11 is 9.40. The minimum Gasteiger partial charge on any atom is -0.464 e. The lowest BCUT2D eigenvalue weighted by molar-refractivity contribution is 0.616. The molecule has 0 aliphatic rings. The standard InChI is InChI=1S/C13H8BrClN2O/c1-7-11(14)12(15)17-13(16-7)9-6-18-10-5-3-2-4-8(9)10/h2-6H,1H3. The van der Waals surface area contributed by atoms with Gasteiger partial charge in [0.1, 0.15) is 17.0 Å². The Labute approximate surface area is 117 Å². The Hall–Kier alpha value is -1.39. The van der Waals surface area contributed by atoms with Gasteiger partial charge in [0, 0.05) is 5.39 Å². The van der Waals surface area contributed by atoms with Gasteiger partial charge in [-0.2, -0.15) is 0 Å². The summed E-state index contributed by atoms with van der Waals surface area (Å²) in [6.07, 6.45) is 1.66. The third-order valence-electron chi connectivity index (χ3n) is 2.70. The van der Waals surface area contributed by atoms with Gasteiger partial charge < -0.3 is 4.42 Å². The van der Waals surface area contributed by atoms with Gasteiger partial charge in [0.2, 0.25) is 0 Å². The van der Waals surface area contributed by atoms with E-state index >= 15 is 0 Å². The summed E-state index contributed by atoms with van der Waals surface area (Å²) in [4.78, 5) is 8.70. The van der Waals surface area contributed by atoms with E-state index in [1.54, 1.807) is 6.26 Å². The van der Waals surface area contributed by atoms with Crippen LogP contribution in [0.15, 0.2) is 39.4 Å². The molecule has 0 saturated heterocycles. The third-order valence-corrected chi connectivity index (χ3v) is 4.15. The Morgan fingerprint density at radius 1 is 1.22 bits per heavy atom. The number of aryl methyl sites for hydroxylation is 1. The minimum atomic E-state index is 0.405. The molecule has 2 aromatic heterocycles. The van der Waals surface area contributed by atoms with E-state index in [1.807, 2.05) is 31.2 Å². The van der Waals surface area contributed by atoms with Crippen molar-refractivity contribution in [3.05, 3.63) is 45.8 Å². The van der Waals surface area contributed by atoms with E-state index in [0.717, 1.165) is 26.7 Å². The van der Waals surface area contributed by atoms with Crippen molar-refractivity contribution in [1.29, 1.82) is 0 Å². The van der Waals surface area contributed by atoms with Crippen LogP contribution in [0.1, 0.15) is 5.69 Å². The molecular formula is C13H8BrClN2O. The van der Waals surface area contributed by atoms with Crippen LogP contribution in [-0.4, -0.2) is 9.97 Å². The molecule has 0 bridgehead atoms. The molecule has 0 fully saturated rings. The Kier molecular flexibility index (Phi) is 2.84. The van der Waals surface area contributed by atoms with E-state index in [0.29, 0.717) is 11.0 Å². The van der Waals surface area contributed by atoms with Gasteiger partial charge in [-0.1, -0.05) is 29.8 Å². The number of fused-ring (bicyclic) bond motifs is 1. The number of nitrogens with zero attached hydrogens (tertiary/aromatic N) is 2. The topological polar surface area (TPSA) is 38.9 Å². The zero-order chi connectivity index (χ0) is 12.7. The van der Waals surface area contributed by atoms with E-state index in [-0.39, 0.29) is 0 Å². The van der Waals surface area contributed by atoms with Crippen molar-refractivity contribution in [3.63, 3.8) is 0 Å². The summed E-state index contributed by atoms with van der Waals surface area (Å²) in [7, 11) is 0. The number of aromatic nitrogens is 2. The third kappa shape index (κ3) is 1.82. The van der Waals surface area contributed by atoms with E-state index in [9.17, 15) is 0 Å². The average molecular weight is 324 g/mol. The predicted molar refractivity (Wildman–Crippen MR) is 74.7 cm³/mol. The summed E-state index contributed by atoms with van der Waals surface area (Å²) in [6, 6.07) is 7.76. The maximum Gasteiger partial charge on any atom is 0.165 e. The lowest BCUT2D eigenvalue weighted by atomic mass is 10.1. The van der Waals surface area contributed by atoms with Gasteiger partial charge in [-0.15, -0.1) is 0 Å². The smallest absolute Gasteiger partial charge is 0.165 e. The largest absolute Gasteiger partial charge is 0.464 e. The first-order valence-electron chi connectivity index (χ1n) is 5.33. The van der Waals surface area contributed by atoms with Gasteiger partial charge in [0.15, 0.2) is 5.82 Å². The summed E-state index contributed by atoms with van der Waals surface area (Å²) in [5.74, 6) is 0.575. The Bertz CT molecular complexity index is 716. The lowest BCUT2D eigenvalue weighted by Gasteiger charge is -2.03. The molecule has 0 aliphatic carbocycles. The number of para-hydroxylation sites is 1. The van der Waals surface area contributed by atoms with Crippen LogP contribution in [-0.2, 0) is 0 Å². The number of benzene rings is 1. The molecule has 0 unspecified atom stereocenters. The second-order valence-corrected chi connectivity index (χ2v) is 5.03. The zero-order valence-electron chi connectivity index (χ0n) is 9.45. The first-order chi connectivity index (χ1) is 8.66. The molecule has 1 aromatic carbocycles. The minimum absolute atomic E-state index is 0.405. The Morgan fingerprint density at radius 3 is 2.78 bits per heavy atom. The van der Waals surface area contributed by atoms with E-state index < -0.39 is 0 Å². The molecule has 2 heterocycles. The quantitative estimate of drug-likeness (QED) is 0.614. The molecule has 0 saturated carbocycles. The van der Waals surface area contributed by atoms with Crippen molar-refractivity contribution in [2.45, 2.75) is 6.92 Å². The van der Waals surface area contributed by atoms with E-state index in [1.165, 1.54) is 0 Å². The van der Waals surface area contributed by atoms with Crippen LogP contribution < -0.4 is 0 Å². The fourth-order valence-electron chi connectivity index (χ4n) is 1.80. The van der Waals surface area contributed by atoms with Crippen molar-refractivity contribution in [3.8, 4) is 11.4 Å². The number of hydrogen-bond acceptors (Lipinski definition) is 3. The van der Waals surface area contributed by atoms with Crippen molar-refractivity contribution < 1.29 is 4.42 Å². The van der Waals surface area contributed by atoms with Crippen LogP contribution in [0.2, 0.25) is 5.15 Å². The van der Waals surface area contributed by atoms with Crippen LogP contribution in [0.25, 0.3) is 22.4 Å². The molecule has 0 spiro atoms. The van der Waals surface area contributed by atoms with Crippen molar-refractivity contribution in [2.24, 2.45) is 0 Å². The fourth-order valence-corrected chi connectivity index (χ4v) is 2.19. The second kappa shape index (κ2) is 4.37. The zero-order valence-corrected chi connectivity index (χ0v) is 11.8.